The van der Waals surface area contributed by atoms with Gasteiger partial charge in [0.1, 0.15) is 11.4 Å². The minimum absolute atomic E-state index is 0.0869. The number of nitro benzene ring substituents is 1. The van der Waals surface area contributed by atoms with Crippen molar-refractivity contribution in [3.8, 4) is 0 Å². The van der Waals surface area contributed by atoms with Crippen molar-refractivity contribution < 1.29 is 19.6 Å². The van der Waals surface area contributed by atoms with E-state index >= 15 is 0 Å². The number of aryl methyl sites for hydroxylation is 1. The highest BCUT2D eigenvalue weighted by atomic mass is 16.6. The Balaban J connectivity index is 2.36. The SMILES string of the molecule is Cn1cncc1C(=O)Nc1ccc(C(=O)O)cc1[N+](=O)[O-]. The van der Waals surface area contributed by atoms with Crippen molar-refractivity contribution in [3.63, 3.8) is 0 Å². The van der Waals surface area contributed by atoms with Gasteiger partial charge in [0.2, 0.25) is 0 Å². The summed E-state index contributed by atoms with van der Waals surface area (Å²) in [5.74, 6) is -1.87. The molecule has 9 heteroatoms. The number of nitro groups is 1. The lowest BCUT2D eigenvalue weighted by molar-refractivity contribution is -0.383. The third-order valence-electron chi connectivity index (χ3n) is 2.74. The molecule has 0 aliphatic heterocycles. The first-order chi connectivity index (χ1) is 9.90. The van der Waals surface area contributed by atoms with Crippen molar-refractivity contribution in [2.24, 2.45) is 7.05 Å². The Bertz CT molecular complexity index is 737. The van der Waals surface area contributed by atoms with Crippen LogP contribution in [0.1, 0.15) is 20.8 Å². The van der Waals surface area contributed by atoms with Crippen LogP contribution in [-0.4, -0.2) is 31.5 Å². The molecular formula is C12H10N4O5. The van der Waals surface area contributed by atoms with E-state index in [0.717, 1.165) is 6.07 Å². The minimum Gasteiger partial charge on any atom is -0.478 e. The number of carbonyl (C=O) groups is 2. The van der Waals surface area contributed by atoms with E-state index in [1.807, 2.05) is 0 Å². The number of nitrogens with zero attached hydrogens (tertiary/aromatic N) is 3. The minimum atomic E-state index is -1.29. The molecule has 0 spiro atoms. The lowest BCUT2D eigenvalue weighted by Gasteiger charge is -2.07. The van der Waals surface area contributed by atoms with Gasteiger partial charge in [-0.15, -0.1) is 0 Å². The molecule has 2 aromatic rings. The van der Waals surface area contributed by atoms with Gasteiger partial charge in [0.05, 0.1) is 23.0 Å². The first kappa shape index (κ1) is 14.2. The zero-order valence-electron chi connectivity index (χ0n) is 10.8. The van der Waals surface area contributed by atoms with E-state index in [2.05, 4.69) is 10.3 Å². The lowest BCUT2D eigenvalue weighted by Crippen LogP contribution is -2.16. The number of nitrogens with one attached hydrogen (secondary N) is 1. The van der Waals surface area contributed by atoms with Crippen molar-refractivity contribution >= 4 is 23.3 Å². The third kappa shape index (κ3) is 2.86. The number of anilines is 1. The first-order valence-electron chi connectivity index (χ1n) is 5.69. The van der Waals surface area contributed by atoms with Crippen molar-refractivity contribution in [1.29, 1.82) is 0 Å². The number of carboxylic acids is 1. The van der Waals surface area contributed by atoms with E-state index < -0.39 is 22.5 Å². The molecule has 0 unspecified atom stereocenters. The molecule has 1 heterocycles. The Morgan fingerprint density at radius 2 is 2.14 bits per heavy atom. The summed E-state index contributed by atoms with van der Waals surface area (Å²) in [4.78, 5) is 36.8. The van der Waals surface area contributed by atoms with Gasteiger partial charge in [0.25, 0.3) is 11.6 Å². The molecule has 0 aliphatic rings. The molecule has 108 valence electrons. The molecule has 1 amide bonds. The van der Waals surface area contributed by atoms with Crippen LogP contribution >= 0.6 is 0 Å². The molecule has 0 saturated heterocycles. The molecular weight excluding hydrogens is 280 g/mol. The lowest BCUT2D eigenvalue weighted by atomic mass is 10.1. The van der Waals surface area contributed by atoms with Crippen molar-refractivity contribution in [1.82, 2.24) is 9.55 Å². The van der Waals surface area contributed by atoms with Crippen molar-refractivity contribution in [2.75, 3.05) is 5.32 Å². The highest BCUT2D eigenvalue weighted by Crippen LogP contribution is 2.26. The van der Waals surface area contributed by atoms with E-state index in [0.29, 0.717) is 0 Å². The summed E-state index contributed by atoms with van der Waals surface area (Å²) >= 11 is 0. The highest BCUT2D eigenvalue weighted by Gasteiger charge is 2.20. The number of hydrogen-bond donors (Lipinski definition) is 2. The van der Waals surface area contributed by atoms with Crippen LogP contribution in [0.25, 0.3) is 0 Å². The van der Waals surface area contributed by atoms with Gasteiger partial charge in [-0.3, -0.25) is 14.9 Å². The molecule has 9 nitrogen and oxygen atoms in total. The Labute approximate surface area is 118 Å². The number of aromatic carboxylic acids is 1. The Hall–Kier alpha value is -3.23. The summed E-state index contributed by atoms with van der Waals surface area (Å²) in [5.41, 5.74) is -0.603. The summed E-state index contributed by atoms with van der Waals surface area (Å²) in [6, 6.07) is 3.24. The van der Waals surface area contributed by atoms with Gasteiger partial charge in [-0.25, -0.2) is 9.78 Å². The van der Waals surface area contributed by atoms with Gasteiger partial charge < -0.3 is 15.0 Å². The van der Waals surface area contributed by atoms with E-state index in [1.54, 1.807) is 7.05 Å². The Morgan fingerprint density at radius 1 is 1.43 bits per heavy atom. The maximum Gasteiger partial charge on any atom is 0.335 e. The fraction of sp³-hybridized carbons (Fsp3) is 0.0833. The van der Waals surface area contributed by atoms with Gasteiger partial charge in [-0.2, -0.15) is 0 Å². The summed E-state index contributed by atoms with van der Waals surface area (Å²) in [6.07, 6.45) is 2.73. The molecule has 0 aliphatic carbocycles. The fourth-order valence-electron chi connectivity index (χ4n) is 1.68. The number of benzene rings is 1. The number of aromatic nitrogens is 2. The van der Waals surface area contributed by atoms with Crippen LogP contribution in [0, 0.1) is 10.1 Å². The summed E-state index contributed by atoms with van der Waals surface area (Å²) < 4.78 is 1.45. The second-order valence-electron chi connectivity index (χ2n) is 4.14. The smallest absolute Gasteiger partial charge is 0.335 e. The molecule has 0 bridgehead atoms. The van der Waals surface area contributed by atoms with Gasteiger partial charge >= 0.3 is 5.97 Å². The van der Waals surface area contributed by atoms with E-state index in [1.165, 1.54) is 29.2 Å². The average molecular weight is 290 g/mol. The summed E-state index contributed by atoms with van der Waals surface area (Å²) in [6.45, 7) is 0. The number of amides is 1. The second-order valence-corrected chi connectivity index (χ2v) is 4.14. The molecule has 0 radical (unpaired) electrons. The maximum absolute atomic E-state index is 12.0. The summed E-state index contributed by atoms with van der Waals surface area (Å²) in [5, 5.41) is 22.2. The van der Waals surface area contributed by atoms with Crippen molar-refractivity contribution in [2.45, 2.75) is 0 Å². The van der Waals surface area contributed by atoms with E-state index in [-0.39, 0.29) is 16.9 Å². The number of rotatable bonds is 4. The van der Waals surface area contributed by atoms with E-state index in [4.69, 9.17) is 5.11 Å². The largest absolute Gasteiger partial charge is 0.478 e. The maximum atomic E-state index is 12.0. The molecule has 1 aromatic carbocycles. The normalized spacial score (nSPS) is 10.1. The van der Waals surface area contributed by atoms with Crippen LogP contribution in [0.15, 0.2) is 30.7 Å². The van der Waals surface area contributed by atoms with Crippen LogP contribution in [0.5, 0.6) is 0 Å². The van der Waals surface area contributed by atoms with E-state index in [9.17, 15) is 19.7 Å². The molecule has 0 atom stereocenters. The predicted octanol–water partition coefficient (Wildman–Crippen LogP) is 1.28. The van der Waals surface area contributed by atoms with Gasteiger partial charge in [-0.1, -0.05) is 0 Å². The molecule has 21 heavy (non-hydrogen) atoms. The topological polar surface area (TPSA) is 127 Å². The van der Waals surface area contributed by atoms with Crippen LogP contribution in [0.3, 0.4) is 0 Å². The number of carbonyl (C=O) groups excluding carboxylic acids is 1. The second kappa shape index (κ2) is 5.41. The van der Waals surface area contributed by atoms with Crippen LogP contribution in [0.4, 0.5) is 11.4 Å². The molecule has 2 rings (SSSR count). The quantitative estimate of drug-likeness (QED) is 0.644. The molecule has 1 aromatic heterocycles. The predicted molar refractivity (Wildman–Crippen MR) is 71.2 cm³/mol. The number of hydrogen-bond acceptors (Lipinski definition) is 5. The fourth-order valence-corrected chi connectivity index (χ4v) is 1.68. The Morgan fingerprint density at radius 3 is 2.67 bits per heavy atom. The molecule has 0 fully saturated rings. The molecule has 0 saturated carbocycles. The zero-order chi connectivity index (χ0) is 15.6. The third-order valence-corrected chi connectivity index (χ3v) is 2.74. The van der Waals surface area contributed by atoms with Crippen LogP contribution < -0.4 is 5.32 Å². The van der Waals surface area contributed by atoms with Crippen LogP contribution in [-0.2, 0) is 7.05 Å². The first-order valence-corrected chi connectivity index (χ1v) is 5.69. The number of carboxylic acid groups (broad SMARTS) is 1. The van der Waals surface area contributed by atoms with Gasteiger partial charge in [0.15, 0.2) is 0 Å². The molecule has 2 N–H and O–H groups in total. The van der Waals surface area contributed by atoms with Crippen LogP contribution in [0.2, 0.25) is 0 Å². The standard InChI is InChI=1S/C12H10N4O5/c1-15-6-13-5-10(15)11(17)14-8-3-2-7(12(18)19)4-9(8)16(20)21/h2-6H,1H3,(H,14,17)(H,18,19). The van der Waals surface area contributed by atoms with Gasteiger partial charge in [0, 0.05) is 13.1 Å². The van der Waals surface area contributed by atoms with Crippen molar-refractivity contribution in [3.05, 3.63) is 52.1 Å². The van der Waals surface area contributed by atoms with Gasteiger partial charge in [-0.05, 0) is 12.1 Å². The monoisotopic (exact) mass is 290 g/mol. The highest BCUT2D eigenvalue weighted by molar-refractivity contribution is 6.04. The average Bonchev–Trinajstić information content (AvgIpc) is 2.85. The summed E-state index contributed by atoms with van der Waals surface area (Å²) in [7, 11) is 1.60. The Kier molecular flexibility index (Phi) is 3.65. The zero-order valence-corrected chi connectivity index (χ0v) is 10.8. The number of imidazole rings is 1.